The van der Waals surface area contributed by atoms with Crippen LogP contribution in [0.2, 0.25) is 10.0 Å². The molecule has 8 nitrogen and oxygen atoms in total. The number of anilines is 2. The average Bonchev–Trinajstić information content (AvgIpc) is 3.80. The molecule has 2 aliphatic heterocycles. The number of hydrogen-bond acceptors (Lipinski definition) is 7. The normalized spacial score (nSPS) is 26.8. The molecular weight excluding hydrogens is 722 g/mol. The molecule has 0 radical (unpaired) electrons. The SMILES string of the molecule is O=C(COc1ccccc1[C@H]1c2sc(=O)[nH]c2SC2C1[C@H]1C[C@@H]2C2C(=O)N(c3ccccc3C(F)(F)F)C(=O)C21)Nc1ccc(Cl)c(Cl)c1. The first-order valence-corrected chi connectivity index (χ1v) is 17.8. The molecule has 2 bridgehead atoms. The van der Waals surface area contributed by atoms with E-state index in [2.05, 4.69) is 10.3 Å². The molecule has 3 heterocycles. The third-order valence-corrected chi connectivity index (χ3v) is 13.3. The molecule has 4 aromatic rings. The highest BCUT2D eigenvalue weighted by atomic mass is 35.5. The highest BCUT2D eigenvalue weighted by molar-refractivity contribution is 8.00. The molecule has 252 valence electrons. The van der Waals surface area contributed by atoms with Crippen molar-refractivity contribution < 1.29 is 32.3 Å². The van der Waals surface area contributed by atoms with Crippen molar-refractivity contribution in [2.75, 3.05) is 16.8 Å². The molecule has 2 aliphatic carbocycles. The summed E-state index contributed by atoms with van der Waals surface area (Å²) in [6.45, 7) is -0.347. The van der Waals surface area contributed by atoms with Gasteiger partial charge < -0.3 is 15.0 Å². The van der Waals surface area contributed by atoms with Crippen LogP contribution in [0.4, 0.5) is 24.5 Å². The number of nitrogens with one attached hydrogen (secondary N) is 2. The van der Waals surface area contributed by atoms with Crippen molar-refractivity contribution in [3.63, 3.8) is 0 Å². The number of imide groups is 1. The van der Waals surface area contributed by atoms with Crippen LogP contribution < -0.4 is 19.8 Å². The molecule has 4 unspecified atom stereocenters. The maximum atomic E-state index is 14.1. The van der Waals surface area contributed by atoms with E-state index in [0.717, 1.165) is 27.2 Å². The number of ether oxygens (including phenoxy) is 1. The number of hydrogen-bond donors (Lipinski definition) is 2. The van der Waals surface area contributed by atoms with Gasteiger partial charge in [0.1, 0.15) is 5.75 Å². The van der Waals surface area contributed by atoms with E-state index in [4.69, 9.17) is 27.9 Å². The molecular formula is C34H24Cl2F3N3O5S2. The molecule has 49 heavy (non-hydrogen) atoms. The van der Waals surface area contributed by atoms with Crippen LogP contribution in [-0.2, 0) is 20.6 Å². The minimum absolute atomic E-state index is 0.199. The quantitative estimate of drug-likeness (QED) is 0.199. The number of alkyl halides is 3. The Morgan fingerprint density at radius 3 is 2.43 bits per heavy atom. The van der Waals surface area contributed by atoms with Crippen molar-refractivity contribution in [1.29, 1.82) is 0 Å². The summed E-state index contributed by atoms with van der Waals surface area (Å²) in [7, 11) is 0. The van der Waals surface area contributed by atoms with Crippen LogP contribution in [0.15, 0.2) is 76.6 Å². The van der Waals surface area contributed by atoms with Crippen LogP contribution in [0.25, 0.3) is 0 Å². The van der Waals surface area contributed by atoms with Crippen LogP contribution in [0.1, 0.15) is 28.3 Å². The molecule has 3 aromatic carbocycles. The predicted octanol–water partition coefficient (Wildman–Crippen LogP) is 7.46. The summed E-state index contributed by atoms with van der Waals surface area (Å²) in [5.41, 5.74) is -0.351. The lowest BCUT2D eigenvalue weighted by atomic mass is 9.68. The average molecular weight is 747 g/mol. The number of aromatic nitrogens is 1. The Labute approximate surface area is 294 Å². The van der Waals surface area contributed by atoms with Gasteiger partial charge in [-0.1, -0.05) is 64.9 Å². The summed E-state index contributed by atoms with van der Waals surface area (Å²) in [5, 5.41) is 3.80. The molecule has 3 fully saturated rings. The van der Waals surface area contributed by atoms with Crippen LogP contribution >= 0.6 is 46.3 Å². The maximum Gasteiger partial charge on any atom is 0.418 e. The highest BCUT2D eigenvalue weighted by Gasteiger charge is 2.70. The van der Waals surface area contributed by atoms with Gasteiger partial charge in [-0.05, 0) is 60.6 Å². The molecule has 3 amide bonds. The topological polar surface area (TPSA) is 109 Å². The molecule has 7 atom stereocenters. The van der Waals surface area contributed by atoms with Gasteiger partial charge in [-0.25, -0.2) is 4.90 Å². The van der Waals surface area contributed by atoms with Gasteiger partial charge in [0.2, 0.25) is 11.8 Å². The molecule has 4 aliphatic rings. The van der Waals surface area contributed by atoms with E-state index in [1.165, 1.54) is 36.0 Å². The Morgan fingerprint density at radius 2 is 1.67 bits per heavy atom. The smallest absolute Gasteiger partial charge is 0.418 e. The van der Waals surface area contributed by atoms with Gasteiger partial charge in [-0.15, -0.1) is 11.8 Å². The van der Waals surface area contributed by atoms with E-state index in [9.17, 15) is 32.3 Å². The molecule has 8 rings (SSSR count). The lowest BCUT2D eigenvalue weighted by molar-refractivity contribution is -0.137. The Hall–Kier alpha value is -3.78. The lowest BCUT2D eigenvalue weighted by Crippen LogP contribution is -2.42. The number of H-pyrrole nitrogens is 1. The highest BCUT2D eigenvalue weighted by Crippen LogP contribution is 2.69. The summed E-state index contributed by atoms with van der Waals surface area (Å²) in [4.78, 5) is 57.7. The monoisotopic (exact) mass is 745 g/mol. The van der Waals surface area contributed by atoms with E-state index < -0.39 is 52.9 Å². The zero-order chi connectivity index (χ0) is 34.4. The van der Waals surface area contributed by atoms with Gasteiger partial charge >= 0.3 is 11.0 Å². The molecule has 1 aromatic heterocycles. The number of rotatable bonds is 6. The molecule has 2 N–H and O–H groups in total. The van der Waals surface area contributed by atoms with E-state index in [-0.39, 0.29) is 39.5 Å². The van der Waals surface area contributed by atoms with E-state index in [0.29, 0.717) is 33.5 Å². The van der Waals surface area contributed by atoms with Gasteiger partial charge in [-0.2, -0.15) is 13.2 Å². The summed E-state index contributed by atoms with van der Waals surface area (Å²) in [5.74, 6) is -4.16. The number of thioether (sulfide) groups is 1. The van der Waals surface area contributed by atoms with Crippen molar-refractivity contribution in [2.24, 2.45) is 29.6 Å². The fourth-order valence-corrected chi connectivity index (χ4v) is 11.5. The lowest BCUT2D eigenvalue weighted by Gasteiger charge is -2.43. The third-order valence-electron chi connectivity index (χ3n) is 9.99. The second-order valence-electron chi connectivity index (χ2n) is 12.5. The minimum Gasteiger partial charge on any atom is -0.483 e. The number of para-hydroxylation sites is 2. The maximum absolute atomic E-state index is 14.1. The second-order valence-corrected chi connectivity index (χ2v) is 15.5. The standard InChI is InChI=1S/C34H24Cl2F3N3O5S2/c35-19-10-9-14(11-20(19)36)40-23(43)13-47-22-8-4-1-5-15(22)24-25-16-12-17(28(25)48-30-29(24)49-33(46)41-30)27-26(16)31(44)42(32(27)45)21-7-3-2-6-18(21)34(37,38)39/h1-11,16-17,24-28H,12-13H2,(H,40,43)(H,41,46)/t16-,17-,24-,25?,26?,27?,28?/m1/s1. The fourth-order valence-electron chi connectivity index (χ4n) is 8.29. The predicted molar refractivity (Wildman–Crippen MR) is 179 cm³/mol. The van der Waals surface area contributed by atoms with Gasteiger partial charge in [-0.3, -0.25) is 19.2 Å². The Balaban J connectivity index is 1.12. The van der Waals surface area contributed by atoms with E-state index in [1.807, 2.05) is 12.1 Å². The number of amides is 3. The zero-order valence-corrected chi connectivity index (χ0v) is 28.1. The number of carbonyl (C=O) groups is 3. The minimum atomic E-state index is -4.76. The van der Waals surface area contributed by atoms with Gasteiger partial charge in [0.05, 0.1) is 38.2 Å². The first-order valence-electron chi connectivity index (χ1n) is 15.3. The first kappa shape index (κ1) is 32.4. The van der Waals surface area contributed by atoms with Crippen molar-refractivity contribution in [3.05, 3.63) is 102 Å². The van der Waals surface area contributed by atoms with Crippen molar-refractivity contribution >= 4 is 75.4 Å². The zero-order valence-electron chi connectivity index (χ0n) is 25.0. The number of halogens is 5. The number of carbonyl (C=O) groups excluding carboxylic acids is 3. The third kappa shape index (κ3) is 5.28. The van der Waals surface area contributed by atoms with Crippen molar-refractivity contribution in [2.45, 2.75) is 28.8 Å². The van der Waals surface area contributed by atoms with E-state index in [1.54, 1.807) is 24.3 Å². The summed E-state index contributed by atoms with van der Waals surface area (Å²) < 4.78 is 48.1. The van der Waals surface area contributed by atoms with Crippen LogP contribution in [0.5, 0.6) is 5.75 Å². The number of aromatic amines is 1. The summed E-state index contributed by atoms with van der Waals surface area (Å²) in [6, 6.07) is 16.5. The molecule has 1 saturated heterocycles. The molecule has 0 spiro atoms. The van der Waals surface area contributed by atoms with E-state index >= 15 is 0 Å². The van der Waals surface area contributed by atoms with Crippen molar-refractivity contribution in [1.82, 2.24) is 4.98 Å². The van der Waals surface area contributed by atoms with Crippen molar-refractivity contribution in [3.8, 4) is 5.75 Å². The van der Waals surface area contributed by atoms with Gasteiger partial charge in [0.15, 0.2) is 6.61 Å². The molecule has 2 saturated carbocycles. The van der Waals surface area contributed by atoms with Crippen LogP contribution in [0, 0.1) is 29.6 Å². The largest absolute Gasteiger partial charge is 0.483 e. The first-order chi connectivity index (χ1) is 23.4. The Kier molecular flexibility index (Phi) is 7.89. The van der Waals surface area contributed by atoms with Crippen LogP contribution in [0.3, 0.4) is 0 Å². The number of nitrogens with zero attached hydrogens (tertiary/aromatic N) is 1. The number of benzene rings is 3. The summed E-state index contributed by atoms with van der Waals surface area (Å²) >= 11 is 14.6. The Morgan fingerprint density at radius 1 is 0.959 bits per heavy atom. The number of thiazole rings is 1. The van der Waals surface area contributed by atoms with Gasteiger partial charge in [0.25, 0.3) is 5.91 Å². The second kappa shape index (κ2) is 11.9. The van der Waals surface area contributed by atoms with Crippen LogP contribution in [-0.4, -0.2) is 34.6 Å². The number of fused-ring (bicyclic) bond motifs is 9. The Bertz CT molecular complexity index is 2110. The summed E-state index contributed by atoms with van der Waals surface area (Å²) in [6.07, 6.45) is -4.21. The fraction of sp³-hybridized carbons (Fsp3) is 0.294. The molecule has 15 heteroatoms. The van der Waals surface area contributed by atoms with Gasteiger partial charge in [0, 0.05) is 27.3 Å².